The summed E-state index contributed by atoms with van der Waals surface area (Å²) in [5, 5.41) is 9.08. The molecule has 0 bridgehead atoms. The molecule has 1 aromatic carbocycles. The van der Waals surface area contributed by atoms with Gasteiger partial charge in [0.15, 0.2) is 0 Å². The molecule has 88 valence electrons. The third-order valence-electron chi connectivity index (χ3n) is 2.58. The fourth-order valence-corrected chi connectivity index (χ4v) is 1.55. The van der Waals surface area contributed by atoms with Gasteiger partial charge in [-0.05, 0) is 23.1 Å². The van der Waals surface area contributed by atoms with Crippen molar-refractivity contribution < 1.29 is 9.90 Å². The normalized spacial score (nSPS) is 11.3. The summed E-state index contributed by atoms with van der Waals surface area (Å²) in [5.74, 6) is -0.885. The van der Waals surface area contributed by atoms with Crippen LogP contribution in [0.1, 0.15) is 36.7 Å². The number of anilines is 1. The van der Waals surface area contributed by atoms with Crippen LogP contribution in [0.2, 0.25) is 0 Å². The van der Waals surface area contributed by atoms with Gasteiger partial charge in [0.05, 0.1) is 11.3 Å². The molecular formula is C13H19NO2. The first kappa shape index (κ1) is 12.6. The van der Waals surface area contributed by atoms with E-state index in [1.165, 1.54) is 0 Å². The lowest BCUT2D eigenvalue weighted by Gasteiger charge is -2.23. The number of carboxylic acid groups (broad SMARTS) is 1. The van der Waals surface area contributed by atoms with E-state index in [-0.39, 0.29) is 5.41 Å². The smallest absolute Gasteiger partial charge is 0.337 e. The highest BCUT2D eigenvalue weighted by Gasteiger charge is 2.18. The van der Waals surface area contributed by atoms with Gasteiger partial charge in [0.2, 0.25) is 0 Å². The monoisotopic (exact) mass is 221 g/mol. The zero-order valence-electron chi connectivity index (χ0n) is 10.5. The summed E-state index contributed by atoms with van der Waals surface area (Å²) in [6.45, 7) is 6.34. The molecule has 0 spiro atoms. The molecule has 0 aliphatic heterocycles. The summed E-state index contributed by atoms with van der Waals surface area (Å²) in [6, 6.07) is 5.51. The van der Waals surface area contributed by atoms with Crippen LogP contribution in [0, 0.1) is 0 Å². The molecule has 0 heterocycles. The molecule has 0 aliphatic rings. The molecule has 3 nitrogen and oxygen atoms in total. The molecule has 0 unspecified atom stereocenters. The van der Waals surface area contributed by atoms with Crippen molar-refractivity contribution in [1.82, 2.24) is 0 Å². The number of carboxylic acids is 1. The second kappa shape index (κ2) is 4.16. The summed E-state index contributed by atoms with van der Waals surface area (Å²) in [5.41, 5.74) is 2.26. The molecule has 1 N–H and O–H groups in total. The molecule has 0 amide bonds. The van der Waals surface area contributed by atoms with Crippen molar-refractivity contribution in [3.8, 4) is 0 Å². The lowest BCUT2D eigenvalue weighted by atomic mass is 9.86. The molecule has 0 atom stereocenters. The average molecular weight is 221 g/mol. The van der Waals surface area contributed by atoms with E-state index in [4.69, 9.17) is 5.11 Å². The summed E-state index contributed by atoms with van der Waals surface area (Å²) in [4.78, 5) is 12.9. The van der Waals surface area contributed by atoms with Crippen molar-refractivity contribution in [2.24, 2.45) is 0 Å². The SMILES string of the molecule is CN(C)c1cc(C(C)(C)C)ccc1C(=O)O. The molecule has 16 heavy (non-hydrogen) atoms. The van der Waals surface area contributed by atoms with E-state index in [2.05, 4.69) is 20.8 Å². The van der Waals surface area contributed by atoms with Gasteiger partial charge in [-0.25, -0.2) is 4.79 Å². The van der Waals surface area contributed by atoms with Crippen LogP contribution < -0.4 is 4.90 Å². The van der Waals surface area contributed by atoms with E-state index in [0.29, 0.717) is 5.56 Å². The molecule has 1 rings (SSSR count). The quantitative estimate of drug-likeness (QED) is 0.834. The Morgan fingerprint density at radius 3 is 2.19 bits per heavy atom. The van der Waals surface area contributed by atoms with Crippen LogP contribution in [-0.2, 0) is 5.41 Å². The molecule has 0 aliphatic carbocycles. The zero-order chi connectivity index (χ0) is 12.5. The van der Waals surface area contributed by atoms with E-state index < -0.39 is 5.97 Å². The number of hydrogen-bond donors (Lipinski definition) is 1. The van der Waals surface area contributed by atoms with Crippen molar-refractivity contribution in [2.45, 2.75) is 26.2 Å². The largest absolute Gasteiger partial charge is 0.478 e. The van der Waals surface area contributed by atoms with Crippen LogP contribution in [0.3, 0.4) is 0 Å². The summed E-state index contributed by atoms with van der Waals surface area (Å²) in [7, 11) is 3.71. The Morgan fingerprint density at radius 1 is 1.25 bits per heavy atom. The highest BCUT2D eigenvalue weighted by molar-refractivity contribution is 5.94. The maximum Gasteiger partial charge on any atom is 0.337 e. The summed E-state index contributed by atoms with van der Waals surface area (Å²) >= 11 is 0. The van der Waals surface area contributed by atoms with E-state index in [1.54, 1.807) is 6.07 Å². The third kappa shape index (κ3) is 2.54. The van der Waals surface area contributed by atoms with E-state index in [9.17, 15) is 4.79 Å². The second-order valence-corrected chi connectivity index (χ2v) is 5.18. The number of aromatic carboxylic acids is 1. The van der Waals surface area contributed by atoms with Gasteiger partial charge in [-0.2, -0.15) is 0 Å². The molecule has 0 fully saturated rings. The Morgan fingerprint density at radius 2 is 1.81 bits per heavy atom. The second-order valence-electron chi connectivity index (χ2n) is 5.18. The van der Waals surface area contributed by atoms with Crippen molar-refractivity contribution in [2.75, 3.05) is 19.0 Å². The van der Waals surface area contributed by atoms with E-state index in [0.717, 1.165) is 11.3 Å². The minimum absolute atomic E-state index is 0.0296. The Kier molecular flexibility index (Phi) is 3.27. The Hall–Kier alpha value is -1.51. The van der Waals surface area contributed by atoms with Crippen LogP contribution in [0.5, 0.6) is 0 Å². The maximum absolute atomic E-state index is 11.1. The van der Waals surface area contributed by atoms with Crippen molar-refractivity contribution in [1.29, 1.82) is 0 Å². The van der Waals surface area contributed by atoms with Crippen molar-refractivity contribution in [3.63, 3.8) is 0 Å². The summed E-state index contributed by atoms with van der Waals surface area (Å²) < 4.78 is 0. The zero-order valence-corrected chi connectivity index (χ0v) is 10.5. The molecule has 3 heteroatoms. The van der Waals surface area contributed by atoms with Crippen LogP contribution in [0.4, 0.5) is 5.69 Å². The van der Waals surface area contributed by atoms with Crippen molar-refractivity contribution in [3.05, 3.63) is 29.3 Å². The first-order valence-electron chi connectivity index (χ1n) is 5.28. The van der Waals surface area contributed by atoms with E-state index >= 15 is 0 Å². The highest BCUT2D eigenvalue weighted by Crippen LogP contribution is 2.28. The van der Waals surface area contributed by atoms with Gasteiger partial charge in [-0.1, -0.05) is 26.8 Å². The number of hydrogen-bond acceptors (Lipinski definition) is 2. The number of rotatable bonds is 2. The molecule has 0 saturated carbocycles. The van der Waals surface area contributed by atoms with E-state index in [1.807, 2.05) is 31.1 Å². The van der Waals surface area contributed by atoms with Gasteiger partial charge in [0, 0.05) is 14.1 Å². The van der Waals surface area contributed by atoms with Gasteiger partial charge in [0.25, 0.3) is 0 Å². The van der Waals surface area contributed by atoms with Gasteiger partial charge < -0.3 is 10.0 Å². The third-order valence-corrected chi connectivity index (χ3v) is 2.58. The fraction of sp³-hybridized carbons (Fsp3) is 0.462. The van der Waals surface area contributed by atoms with Crippen molar-refractivity contribution >= 4 is 11.7 Å². The first-order chi connectivity index (χ1) is 7.23. The lowest BCUT2D eigenvalue weighted by molar-refractivity contribution is 0.0697. The predicted molar refractivity (Wildman–Crippen MR) is 66.4 cm³/mol. The number of nitrogens with zero attached hydrogens (tertiary/aromatic N) is 1. The molecular weight excluding hydrogens is 202 g/mol. The Bertz CT molecular complexity index is 403. The molecule has 0 radical (unpaired) electrons. The topological polar surface area (TPSA) is 40.5 Å². The number of benzene rings is 1. The van der Waals surface area contributed by atoms with Gasteiger partial charge in [-0.3, -0.25) is 0 Å². The lowest BCUT2D eigenvalue weighted by Crippen LogP contribution is -2.17. The molecule has 0 aromatic heterocycles. The summed E-state index contributed by atoms with van der Waals surface area (Å²) in [6.07, 6.45) is 0. The maximum atomic E-state index is 11.1. The van der Waals surface area contributed by atoms with Crippen LogP contribution in [0.25, 0.3) is 0 Å². The molecule has 1 aromatic rings. The van der Waals surface area contributed by atoms with Crippen LogP contribution in [-0.4, -0.2) is 25.2 Å². The number of carbonyl (C=O) groups is 1. The predicted octanol–water partition coefficient (Wildman–Crippen LogP) is 2.75. The minimum atomic E-state index is -0.885. The minimum Gasteiger partial charge on any atom is -0.478 e. The highest BCUT2D eigenvalue weighted by atomic mass is 16.4. The van der Waals surface area contributed by atoms with Gasteiger partial charge in [-0.15, -0.1) is 0 Å². The fourth-order valence-electron chi connectivity index (χ4n) is 1.55. The average Bonchev–Trinajstić information content (AvgIpc) is 2.15. The standard InChI is InChI=1S/C13H19NO2/c1-13(2,3)9-6-7-10(12(15)16)11(8-9)14(4)5/h6-8H,1-5H3,(H,15,16). The first-order valence-corrected chi connectivity index (χ1v) is 5.28. The molecule has 0 saturated heterocycles. The van der Waals surface area contributed by atoms with Crippen LogP contribution in [0.15, 0.2) is 18.2 Å². The Balaban J connectivity index is 3.34. The Labute approximate surface area is 96.7 Å². The van der Waals surface area contributed by atoms with Crippen LogP contribution >= 0.6 is 0 Å². The van der Waals surface area contributed by atoms with Gasteiger partial charge >= 0.3 is 5.97 Å². The van der Waals surface area contributed by atoms with Gasteiger partial charge in [0.1, 0.15) is 0 Å².